The first-order valence-electron chi connectivity index (χ1n) is 6.26. The Kier molecular flexibility index (Phi) is 4.69. The van der Waals surface area contributed by atoms with Crippen molar-refractivity contribution in [3.63, 3.8) is 0 Å². The Morgan fingerprint density at radius 1 is 1.26 bits per heavy atom. The van der Waals surface area contributed by atoms with Crippen LogP contribution in [-0.4, -0.2) is 21.6 Å². The molecule has 0 unspecified atom stereocenters. The molecule has 0 aliphatic rings. The maximum absolute atomic E-state index is 9.24. The molecule has 0 aliphatic carbocycles. The standard InChI is InChI=1S/C14H17N3O2/c1-2-7-16-13-8-15-9-14(17-13)19-12-6-4-3-5-11(12)10-18/h3-6,8-9,18H,2,7,10H2,1H3,(H,16,17). The van der Waals surface area contributed by atoms with Gasteiger partial charge in [0.2, 0.25) is 5.88 Å². The summed E-state index contributed by atoms with van der Waals surface area (Å²) in [6.45, 7) is 2.85. The Morgan fingerprint density at radius 2 is 2.11 bits per heavy atom. The molecular weight excluding hydrogens is 242 g/mol. The van der Waals surface area contributed by atoms with Crippen molar-refractivity contribution in [3.05, 3.63) is 42.2 Å². The normalized spacial score (nSPS) is 10.2. The number of aliphatic hydroxyl groups is 1. The zero-order chi connectivity index (χ0) is 13.5. The van der Waals surface area contributed by atoms with Crippen molar-refractivity contribution in [2.75, 3.05) is 11.9 Å². The Labute approximate surface area is 112 Å². The highest BCUT2D eigenvalue weighted by molar-refractivity contribution is 5.38. The van der Waals surface area contributed by atoms with Crippen LogP contribution in [0.5, 0.6) is 11.6 Å². The monoisotopic (exact) mass is 259 g/mol. The quantitative estimate of drug-likeness (QED) is 0.834. The molecule has 5 heteroatoms. The number of aromatic nitrogens is 2. The van der Waals surface area contributed by atoms with E-state index in [-0.39, 0.29) is 6.61 Å². The van der Waals surface area contributed by atoms with Crippen LogP contribution in [0.4, 0.5) is 5.82 Å². The van der Waals surface area contributed by atoms with Gasteiger partial charge in [-0.1, -0.05) is 25.1 Å². The van der Waals surface area contributed by atoms with Crippen molar-refractivity contribution in [3.8, 4) is 11.6 Å². The van der Waals surface area contributed by atoms with Crippen LogP contribution < -0.4 is 10.1 Å². The molecule has 0 amide bonds. The third kappa shape index (κ3) is 3.66. The second kappa shape index (κ2) is 6.70. The summed E-state index contributed by atoms with van der Waals surface area (Å²) in [6, 6.07) is 7.30. The molecule has 100 valence electrons. The molecule has 5 nitrogen and oxygen atoms in total. The average Bonchev–Trinajstić information content (AvgIpc) is 2.46. The first kappa shape index (κ1) is 13.3. The van der Waals surface area contributed by atoms with Gasteiger partial charge in [-0.2, -0.15) is 4.98 Å². The second-order valence-corrected chi connectivity index (χ2v) is 4.04. The summed E-state index contributed by atoms with van der Waals surface area (Å²) in [4.78, 5) is 8.38. The zero-order valence-electron chi connectivity index (χ0n) is 10.8. The van der Waals surface area contributed by atoms with Crippen molar-refractivity contribution in [2.24, 2.45) is 0 Å². The topological polar surface area (TPSA) is 67.3 Å². The number of nitrogens with one attached hydrogen (secondary N) is 1. The van der Waals surface area contributed by atoms with Crippen molar-refractivity contribution in [1.29, 1.82) is 0 Å². The predicted octanol–water partition coefficient (Wildman–Crippen LogP) is 2.58. The number of benzene rings is 1. The number of hydrogen-bond donors (Lipinski definition) is 2. The first-order chi connectivity index (χ1) is 9.33. The van der Waals surface area contributed by atoms with Crippen LogP contribution in [0, 0.1) is 0 Å². The van der Waals surface area contributed by atoms with E-state index in [0.717, 1.165) is 18.5 Å². The lowest BCUT2D eigenvalue weighted by atomic mass is 10.2. The molecule has 0 spiro atoms. The number of para-hydroxylation sites is 1. The van der Waals surface area contributed by atoms with Crippen LogP contribution in [0.3, 0.4) is 0 Å². The molecule has 0 aliphatic heterocycles. The number of ether oxygens (including phenoxy) is 1. The molecule has 1 heterocycles. The van der Waals surface area contributed by atoms with E-state index in [4.69, 9.17) is 4.74 Å². The summed E-state index contributed by atoms with van der Waals surface area (Å²) < 4.78 is 5.65. The highest BCUT2D eigenvalue weighted by atomic mass is 16.5. The highest BCUT2D eigenvalue weighted by Gasteiger charge is 2.05. The molecule has 0 saturated heterocycles. The van der Waals surface area contributed by atoms with Gasteiger partial charge in [-0.3, -0.25) is 4.98 Å². The summed E-state index contributed by atoms with van der Waals surface area (Å²) in [6.07, 6.45) is 4.21. The number of aliphatic hydroxyl groups excluding tert-OH is 1. The van der Waals surface area contributed by atoms with Crippen molar-refractivity contribution < 1.29 is 9.84 Å². The van der Waals surface area contributed by atoms with E-state index in [1.54, 1.807) is 18.5 Å². The van der Waals surface area contributed by atoms with Crippen LogP contribution in [0.1, 0.15) is 18.9 Å². The lowest BCUT2D eigenvalue weighted by molar-refractivity contribution is 0.276. The van der Waals surface area contributed by atoms with E-state index in [2.05, 4.69) is 22.2 Å². The summed E-state index contributed by atoms with van der Waals surface area (Å²) in [5.41, 5.74) is 0.719. The molecule has 0 atom stereocenters. The molecule has 2 N–H and O–H groups in total. The molecule has 2 rings (SSSR count). The van der Waals surface area contributed by atoms with Gasteiger partial charge in [-0.25, -0.2) is 0 Å². The van der Waals surface area contributed by atoms with Gasteiger partial charge in [0.05, 0.1) is 19.0 Å². The molecule has 1 aromatic heterocycles. The number of rotatable bonds is 6. The molecular formula is C14H17N3O2. The minimum absolute atomic E-state index is 0.0720. The molecule has 0 saturated carbocycles. The Bertz CT molecular complexity index is 532. The van der Waals surface area contributed by atoms with E-state index in [1.807, 2.05) is 18.2 Å². The smallest absolute Gasteiger partial charge is 0.239 e. The molecule has 0 radical (unpaired) electrons. The largest absolute Gasteiger partial charge is 0.437 e. The van der Waals surface area contributed by atoms with Crippen LogP contribution in [0.2, 0.25) is 0 Å². The van der Waals surface area contributed by atoms with Gasteiger partial charge in [0.15, 0.2) is 0 Å². The van der Waals surface area contributed by atoms with E-state index >= 15 is 0 Å². The van der Waals surface area contributed by atoms with Crippen molar-refractivity contribution in [1.82, 2.24) is 9.97 Å². The summed E-state index contributed by atoms with van der Waals surface area (Å²) >= 11 is 0. The lowest BCUT2D eigenvalue weighted by Gasteiger charge is -2.09. The summed E-state index contributed by atoms with van der Waals surface area (Å²) in [5, 5.41) is 12.4. The van der Waals surface area contributed by atoms with Gasteiger partial charge < -0.3 is 15.2 Å². The molecule has 2 aromatic rings. The molecule has 19 heavy (non-hydrogen) atoms. The van der Waals surface area contributed by atoms with Crippen LogP contribution in [-0.2, 0) is 6.61 Å². The minimum atomic E-state index is -0.0720. The minimum Gasteiger partial charge on any atom is -0.437 e. The van der Waals surface area contributed by atoms with Crippen molar-refractivity contribution in [2.45, 2.75) is 20.0 Å². The van der Waals surface area contributed by atoms with Crippen LogP contribution in [0.25, 0.3) is 0 Å². The number of nitrogens with zero attached hydrogens (tertiary/aromatic N) is 2. The van der Waals surface area contributed by atoms with E-state index in [1.165, 1.54) is 0 Å². The molecule has 0 fully saturated rings. The summed E-state index contributed by atoms with van der Waals surface area (Å²) in [7, 11) is 0. The maximum atomic E-state index is 9.24. The number of hydrogen-bond acceptors (Lipinski definition) is 5. The predicted molar refractivity (Wildman–Crippen MR) is 73.3 cm³/mol. The zero-order valence-corrected chi connectivity index (χ0v) is 10.8. The Hall–Kier alpha value is -2.14. The molecule has 1 aromatic carbocycles. The maximum Gasteiger partial charge on any atom is 0.239 e. The Morgan fingerprint density at radius 3 is 2.89 bits per heavy atom. The van der Waals surface area contributed by atoms with Gasteiger partial charge in [0.25, 0.3) is 0 Å². The lowest BCUT2D eigenvalue weighted by Crippen LogP contribution is -2.03. The SMILES string of the molecule is CCCNc1cncc(Oc2ccccc2CO)n1. The fourth-order valence-electron chi connectivity index (χ4n) is 1.58. The van der Waals surface area contributed by atoms with Crippen molar-refractivity contribution >= 4 is 5.82 Å². The van der Waals surface area contributed by atoms with Gasteiger partial charge in [-0.05, 0) is 12.5 Å². The van der Waals surface area contributed by atoms with Gasteiger partial charge in [0.1, 0.15) is 11.6 Å². The Balaban J connectivity index is 2.14. The molecule has 0 bridgehead atoms. The fraction of sp³-hybridized carbons (Fsp3) is 0.286. The first-order valence-corrected chi connectivity index (χ1v) is 6.26. The van der Waals surface area contributed by atoms with Gasteiger partial charge >= 0.3 is 0 Å². The van der Waals surface area contributed by atoms with E-state index < -0.39 is 0 Å². The van der Waals surface area contributed by atoms with Gasteiger partial charge in [0, 0.05) is 12.1 Å². The summed E-state index contributed by atoms with van der Waals surface area (Å²) in [5.74, 6) is 1.68. The van der Waals surface area contributed by atoms with Gasteiger partial charge in [-0.15, -0.1) is 0 Å². The fourth-order valence-corrected chi connectivity index (χ4v) is 1.58. The van der Waals surface area contributed by atoms with E-state index in [9.17, 15) is 5.11 Å². The van der Waals surface area contributed by atoms with E-state index in [0.29, 0.717) is 17.4 Å². The highest BCUT2D eigenvalue weighted by Crippen LogP contribution is 2.23. The van der Waals surface area contributed by atoms with Crippen LogP contribution >= 0.6 is 0 Å². The third-order valence-electron chi connectivity index (χ3n) is 2.53. The number of anilines is 1. The average molecular weight is 259 g/mol. The second-order valence-electron chi connectivity index (χ2n) is 4.04. The third-order valence-corrected chi connectivity index (χ3v) is 2.53. The van der Waals surface area contributed by atoms with Crippen LogP contribution in [0.15, 0.2) is 36.7 Å².